The van der Waals surface area contributed by atoms with Gasteiger partial charge in [-0.25, -0.2) is 0 Å². The number of nitrogens with two attached hydrogens (primary N) is 2. The van der Waals surface area contributed by atoms with Crippen LogP contribution in [0.25, 0.3) is 0 Å². The molecule has 0 spiro atoms. The second-order valence-electron chi connectivity index (χ2n) is 4.82. The van der Waals surface area contributed by atoms with E-state index < -0.39 is 0 Å². The monoisotopic (exact) mass is 283 g/mol. The highest BCUT2D eigenvalue weighted by Crippen LogP contribution is 2.28. The molecule has 0 aromatic heterocycles. The Morgan fingerprint density at radius 1 is 1.05 bits per heavy atom. The standard InChI is InChI=1S/C17H21N3O/c1-13-7-5-6-10-15(13)16(14-8-3-2-4-9-14)21-12-11-20-17(18)19/h2-10,16H,11-12H2,1H3,(H4,18,19,20). The van der Waals surface area contributed by atoms with Crippen LogP contribution in [0.15, 0.2) is 59.6 Å². The molecule has 4 heteroatoms. The zero-order valence-corrected chi connectivity index (χ0v) is 12.2. The van der Waals surface area contributed by atoms with Crippen LogP contribution < -0.4 is 11.5 Å². The van der Waals surface area contributed by atoms with Gasteiger partial charge in [-0.05, 0) is 23.6 Å². The van der Waals surface area contributed by atoms with E-state index in [4.69, 9.17) is 16.2 Å². The van der Waals surface area contributed by atoms with Crippen molar-refractivity contribution in [1.29, 1.82) is 0 Å². The lowest BCUT2D eigenvalue weighted by molar-refractivity contribution is 0.0862. The van der Waals surface area contributed by atoms with E-state index in [0.29, 0.717) is 13.2 Å². The van der Waals surface area contributed by atoms with Crippen LogP contribution in [-0.4, -0.2) is 19.1 Å². The molecule has 0 saturated carbocycles. The first-order valence-corrected chi connectivity index (χ1v) is 6.96. The van der Waals surface area contributed by atoms with E-state index >= 15 is 0 Å². The molecule has 1 atom stereocenters. The highest BCUT2D eigenvalue weighted by atomic mass is 16.5. The van der Waals surface area contributed by atoms with Crippen molar-refractivity contribution in [1.82, 2.24) is 0 Å². The Kier molecular flexibility index (Phi) is 5.35. The van der Waals surface area contributed by atoms with E-state index in [1.165, 1.54) is 5.56 Å². The van der Waals surface area contributed by atoms with E-state index in [9.17, 15) is 0 Å². The number of ether oxygens (including phenoxy) is 1. The molecule has 21 heavy (non-hydrogen) atoms. The fraction of sp³-hybridized carbons (Fsp3) is 0.235. The molecule has 0 saturated heterocycles. The molecule has 1 unspecified atom stereocenters. The topological polar surface area (TPSA) is 73.6 Å². The Labute approximate surface area is 125 Å². The Bertz CT molecular complexity index is 592. The summed E-state index contributed by atoms with van der Waals surface area (Å²) in [6.45, 7) is 3.01. The molecule has 2 aromatic carbocycles. The maximum atomic E-state index is 6.03. The molecule has 4 N–H and O–H groups in total. The van der Waals surface area contributed by atoms with E-state index in [1.807, 2.05) is 30.3 Å². The summed E-state index contributed by atoms with van der Waals surface area (Å²) >= 11 is 0. The van der Waals surface area contributed by atoms with Crippen LogP contribution in [0.4, 0.5) is 0 Å². The highest BCUT2D eigenvalue weighted by Gasteiger charge is 2.16. The first kappa shape index (κ1) is 15.1. The number of aliphatic imine (C=N–C) groups is 1. The zero-order chi connectivity index (χ0) is 15.1. The van der Waals surface area contributed by atoms with Crippen molar-refractivity contribution in [3.63, 3.8) is 0 Å². The second kappa shape index (κ2) is 7.45. The number of rotatable bonds is 6. The van der Waals surface area contributed by atoms with Crippen LogP contribution in [0.5, 0.6) is 0 Å². The van der Waals surface area contributed by atoms with E-state index in [1.54, 1.807) is 0 Å². The molecular weight excluding hydrogens is 262 g/mol. The maximum Gasteiger partial charge on any atom is 0.185 e. The third kappa shape index (κ3) is 4.33. The minimum atomic E-state index is -0.110. The molecule has 0 aliphatic carbocycles. The lowest BCUT2D eigenvalue weighted by atomic mass is 9.97. The molecule has 110 valence electrons. The van der Waals surface area contributed by atoms with Gasteiger partial charge in [0.2, 0.25) is 0 Å². The summed E-state index contributed by atoms with van der Waals surface area (Å²) in [5, 5.41) is 0. The number of nitrogens with zero attached hydrogens (tertiary/aromatic N) is 1. The fourth-order valence-corrected chi connectivity index (χ4v) is 2.22. The minimum Gasteiger partial charge on any atom is -0.370 e. The zero-order valence-electron chi connectivity index (χ0n) is 12.2. The SMILES string of the molecule is Cc1ccccc1C(OCCN=C(N)N)c1ccccc1. The Morgan fingerprint density at radius 2 is 1.71 bits per heavy atom. The van der Waals surface area contributed by atoms with Gasteiger partial charge >= 0.3 is 0 Å². The highest BCUT2D eigenvalue weighted by molar-refractivity contribution is 5.75. The van der Waals surface area contributed by atoms with Crippen LogP contribution in [0, 0.1) is 6.92 Å². The minimum absolute atomic E-state index is 0.0887. The summed E-state index contributed by atoms with van der Waals surface area (Å²) in [7, 11) is 0. The number of hydrogen-bond donors (Lipinski definition) is 2. The van der Waals surface area contributed by atoms with Crippen LogP contribution in [0.2, 0.25) is 0 Å². The molecule has 4 nitrogen and oxygen atoms in total. The van der Waals surface area contributed by atoms with Crippen LogP contribution in [0.1, 0.15) is 22.8 Å². The van der Waals surface area contributed by atoms with Crippen molar-refractivity contribution in [3.8, 4) is 0 Å². The lowest BCUT2D eigenvalue weighted by Crippen LogP contribution is -2.23. The van der Waals surface area contributed by atoms with E-state index in [0.717, 1.165) is 11.1 Å². The van der Waals surface area contributed by atoms with Gasteiger partial charge in [0.25, 0.3) is 0 Å². The summed E-state index contributed by atoms with van der Waals surface area (Å²) in [5.74, 6) is 0.0887. The molecular formula is C17H21N3O. The first-order chi connectivity index (χ1) is 10.2. The first-order valence-electron chi connectivity index (χ1n) is 6.96. The third-order valence-electron chi connectivity index (χ3n) is 3.24. The molecule has 0 aliphatic heterocycles. The van der Waals surface area contributed by atoms with Gasteiger partial charge in [0.15, 0.2) is 5.96 Å². The third-order valence-corrected chi connectivity index (χ3v) is 3.24. The molecule has 0 bridgehead atoms. The average molecular weight is 283 g/mol. The predicted molar refractivity (Wildman–Crippen MR) is 86.1 cm³/mol. The molecule has 2 rings (SSSR count). The van der Waals surface area contributed by atoms with Gasteiger partial charge < -0.3 is 16.2 Å². The molecule has 0 fully saturated rings. The summed E-state index contributed by atoms with van der Waals surface area (Å²) in [6, 6.07) is 18.4. The van der Waals surface area contributed by atoms with Crippen LogP contribution in [0.3, 0.4) is 0 Å². The molecule has 0 amide bonds. The van der Waals surface area contributed by atoms with Crippen molar-refractivity contribution in [2.24, 2.45) is 16.5 Å². The second-order valence-corrected chi connectivity index (χ2v) is 4.82. The van der Waals surface area contributed by atoms with Gasteiger partial charge in [-0.2, -0.15) is 0 Å². The summed E-state index contributed by atoms with van der Waals surface area (Å²) < 4.78 is 6.03. The Balaban J connectivity index is 2.19. The van der Waals surface area contributed by atoms with Crippen molar-refractivity contribution >= 4 is 5.96 Å². The Hall–Kier alpha value is -2.33. The fourth-order valence-electron chi connectivity index (χ4n) is 2.22. The summed E-state index contributed by atoms with van der Waals surface area (Å²) in [5.41, 5.74) is 14.1. The quantitative estimate of drug-likeness (QED) is 0.485. The molecule has 0 heterocycles. The van der Waals surface area contributed by atoms with Crippen molar-refractivity contribution in [2.75, 3.05) is 13.2 Å². The van der Waals surface area contributed by atoms with Gasteiger partial charge in [-0.1, -0.05) is 54.6 Å². The molecule has 2 aromatic rings. The molecule has 0 radical (unpaired) electrons. The maximum absolute atomic E-state index is 6.03. The number of benzene rings is 2. The number of guanidine groups is 1. The predicted octanol–water partition coefficient (Wildman–Crippen LogP) is 2.37. The van der Waals surface area contributed by atoms with Crippen LogP contribution >= 0.6 is 0 Å². The van der Waals surface area contributed by atoms with Crippen molar-refractivity contribution in [2.45, 2.75) is 13.0 Å². The van der Waals surface area contributed by atoms with Crippen molar-refractivity contribution in [3.05, 3.63) is 71.3 Å². The number of aryl methyl sites for hydroxylation is 1. The normalized spacial score (nSPS) is 11.9. The summed E-state index contributed by atoms with van der Waals surface area (Å²) in [4.78, 5) is 3.95. The summed E-state index contributed by atoms with van der Waals surface area (Å²) in [6.07, 6.45) is -0.110. The van der Waals surface area contributed by atoms with Crippen molar-refractivity contribution < 1.29 is 4.74 Å². The van der Waals surface area contributed by atoms with Gasteiger partial charge in [0, 0.05) is 0 Å². The average Bonchev–Trinajstić information content (AvgIpc) is 2.49. The van der Waals surface area contributed by atoms with Gasteiger partial charge in [-0.15, -0.1) is 0 Å². The van der Waals surface area contributed by atoms with Crippen LogP contribution in [-0.2, 0) is 4.74 Å². The van der Waals surface area contributed by atoms with Gasteiger partial charge in [0.05, 0.1) is 13.2 Å². The van der Waals surface area contributed by atoms with Gasteiger partial charge in [0.1, 0.15) is 6.10 Å². The number of hydrogen-bond acceptors (Lipinski definition) is 2. The van der Waals surface area contributed by atoms with E-state index in [-0.39, 0.29) is 12.1 Å². The van der Waals surface area contributed by atoms with E-state index in [2.05, 4.69) is 36.2 Å². The van der Waals surface area contributed by atoms with Gasteiger partial charge in [-0.3, -0.25) is 4.99 Å². The largest absolute Gasteiger partial charge is 0.370 e. The smallest absolute Gasteiger partial charge is 0.185 e. The molecule has 0 aliphatic rings. The lowest BCUT2D eigenvalue weighted by Gasteiger charge is -2.20. The Morgan fingerprint density at radius 3 is 2.38 bits per heavy atom.